The van der Waals surface area contributed by atoms with Crippen LogP contribution in [0.15, 0.2) is 90.8 Å². The van der Waals surface area contributed by atoms with Crippen LogP contribution in [0, 0.1) is 25.2 Å². The molecular formula is C33H37N3O3. The molecule has 6 heteroatoms. The van der Waals surface area contributed by atoms with E-state index in [9.17, 15) is 10.1 Å². The lowest BCUT2D eigenvalue weighted by molar-refractivity contribution is 0.0941. The van der Waals surface area contributed by atoms with Crippen LogP contribution < -0.4 is 10.1 Å². The molecule has 202 valence electrons. The van der Waals surface area contributed by atoms with Gasteiger partial charge in [-0.2, -0.15) is 5.26 Å². The number of allylic oxidation sites excluding steroid dienone is 5. The number of carbonyl (C=O) groups excluding carboxylic acids is 1. The molecule has 0 saturated heterocycles. The molecule has 1 heterocycles. The smallest absolute Gasteiger partial charge is 0.262 e. The first kappa shape index (κ1) is 29.2. The highest BCUT2D eigenvalue weighted by atomic mass is 16.5. The minimum absolute atomic E-state index is 0.120. The third-order valence-electron chi connectivity index (χ3n) is 6.19. The lowest BCUT2D eigenvalue weighted by Crippen LogP contribution is -2.33. The molecule has 0 aliphatic rings. The second-order valence-corrected chi connectivity index (χ2v) is 9.71. The summed E-state index contributed by atoms with van der Waals surface area (Å²) in [4.78, 5) is 13.6. The molecule has 0 radical (unpaired) electrons. The Morgan fingerprint density at radius 3 is 2.62 bits per heavy atom. The molecule has 0 bridgehead atoms. The molecule has 0 aliphatic carbocycles. The molecule has 6 nitrogen and oxygen atoms in total. The molecule has 0 fully saturated rings. The number of hydrogen-bond acceptors (Lipinski definition) is 5. The van der Waals surface area contributed by atoms with Crippen LogP contribution in [-0.4, -0.2) is 36.8 Å². The molecule has 3 rings (SSSR count). The maximum Gasteiger partial charge on any atom is 0.262 e. The molecule has 3 aromatic rings. The standard InChI is InChI=1S/C33H37N3O3/c1-8-27(33(37)36-24(5)17-31-28(14-22(2)3)10-9-11-32(31)36)13-12-25(6)38-21-30(20-35-7)39-29-16-23(4)15-26(18-29)19-34/h8-13,15-18,30,35H,2,6,14,20-21H2,1,3-5,7H3/b13-12-,27-8+. The number of carbonyl (C=O) groups is 1. The summed E-state index contributed by atoms with van der Waals surface area (Å²) >= 11 is 0. The normalized spacial score (nSPS) is 12.4. The Balaban J connectivity index is 1.71. The Morgan fingerprint density at radius 1 is 1.18 bits per heavy atom. The van der Waals surface area contributed by atoms with E-state index < -0.39 is 0 Å². The predicted molar refractivity (Wildman–Crippen MR) is 158 cm³/mol. The fraction of sp³-hybridized carbons (Fsp3) is 0.273. The van der Waals surface area contributed by atoms with Crippen molar-refractivity contribution in [2.45, 2.75) is 40.2 Å². The van der Waals surface area contributed by atoms with Gasteiger partial charge in [0.25, 0.3) is 5.91 Å². The van der Waals surface area contributed by atoms with Crippen molar-refractivity contribution < 1.29 is 14.3 Å². The number of rotatable bonds is 12. The van der Waals surface area contributed by atoms with Crippen LogP contribution in [0.3, 0.4) is 0 Å². The van der Waals surface area contributed by atoms with Gasteiger partial charge in [0.05, 0.1) is 17.1 Å². The van der Waals surface area contributed by atoms with Crippen molar-refractivity contribution in [1.29, 1.82) is 5.26 Å². The number of nitrogens with one attached hydrogen (secondary N) is 1. The zero-order valence-corrected chi connectivity index (χ0v) is 23.5. The number of benzene rings is 2. The maximum absolute atomic E-state index is 13.6. The zero-order chi connectivity index (χ0) is 28.5. The van der Waals surface area contributed by atoms with Crippen LogP contribution in [0.2, 0.25) is 0 Å². The molecule has 1 N–H and O–H groups in total. The van der Waals surface area contributed by atoms with Crippen LogP contribution in [-0.2, 0) is 11.2 Å². The van der Waals surface area contributed by atoms with Gasteiger partial charge in [-0.15, -0.1) is 0 Å². The lowest BCUT2D eigenvalue weighted by atomic mass is 10.0. The minimum Gasteiger partial charge on any atom is -0.490 e. The molecule has 1 unspecified atom stereocenters. The van der Waals surface area contributed by atoms with Gasteiger partial charge in [-0.3, -0.25) is 9.36 Å². The first-order chi connectivity index (χ1) is 18.7. The number of nitriles is 1. The van der Waals surface area contributed by atoms with Crippen molar-refractivity contribution in [3.05, 3.63) is 113 Å². The van der Waals surface area contributed by atoms with Crippen molar-refractivity contribution in [2.75, 3.05) is 20.2 Å². The van der Waals surface area contributed by atoms with Gasteiger partial charge in [-0.1, -0.05) is 36.9 Å². The van der Waals surface area contributed by atoms with Gasteiger partial charge in [0.15, 0.2) is 0 Å². The molecule has 1 atom stereocenters. The molecular weight excluding hydrogens is 486 g/mol. The summed E-state index contributed by atoms with van der Waals surface area (Å²) in [5.41, 5.74) is 5.99. The Kier molecular flexibility index (Phi) is 10.1. The van der Waals surface area contributed by atoms with Crippen LogP contribution in [0.4, 0.5) is 0 Å². The molecule has 0 aliphatic heterocycles. The average molecular weight is 524 g/mol. The van der Waals surface area contributed by atoms with Crippen LogP contribution in [0.1, 0.15) is 41.0 Å². The van der Waals surface area contributed by atoms with Crippen molar-refractivity contribution in [1.82, 2.24) is 9.88 Å². The first-order valence-corrected chi connectivity index (χ1v) is 12.9. The van der Waals surface area contributed by atoms with E-state index in [0.29, 0.717) is 29.2 Å². The van der Waals surface area contributed by atoms with E-state index >= 15 is 0 Å². The summed E-state index contributed by atoms with van der Waals surface area (Å²) in [5, 5.41) is 13.4. The van der Waals surface area contributed by atoms with Crippen LogP contribution >= 0.6 is 0 Å². The molecule has 0 amide bonds. The fourth-order valence-electron chi connectivity index (χ4n) is 4.46. The van der Waals surface area contributed by atoms with Gasteiger partial charge in [-0.05, 0) is 94.8 Å². The second-order valence-electron chi connectivity index (χ2n) is 9.71. The predicted octanol–water partition coefficient (Wildman–Crippen LogP) is 6.59. The van der Waals surface area contributed by atoms with E-state index in [2.05, 4.69) is 36.7 Å². The summed E-state index contributed by atoms with van der Waals surface area (Å²) in [6.07, 6.45) is 5.66. The van der Waals surface area contributed by atoms with Gasteiger partial charge in [0.2, 0.25) is 0 Å². The SMILES string of the molecule is C=C(C)Cc1cccc2c1cc(C)n2C(=O)C(/C=C\C(=C)OCC(CNC)Oc1cc(C)cc(C#N)c1)=C/C. The quantitative estimate of drug-likeness (QED) is 0.125. The molecule has 0 spiro atoms. The first-order valence-electron chi connectivity index (χ1n) is 12.9. The summed E-state index contributed by atoms with van der Waals surface area (Å²) in [5.74, 6) is 0.899. The number of fused-ring (bicyclic) bond motifs is 1. The Bertz CT molecular complexity index is 1480. The van der Waals surface area contributed by atoms with Crippen LogP contribution in [0.5, 0.6) is 5.75 Å². The van der Waals surface area contributed by atoms with Crippen molar-refractivity contribution in [3.63, 3.8) is 0 Å². The lowest BCUT2D eigenvalue weighted by Gasteiger charge is -2.20. The van der Waals surface area contributed by atoms with Gasteiger partial charge < -0.3 is 14.8 Å². The van der Waals surface area contributed by atoms with Gasteiger partial charge in [-0.25, -0.2) is 0 Å². The van der Waals surface area contributed by atoms with E-state index in [1.165, 1.54) is 0 Å². The van der Waals surface area contributed by atoms with Gasteiger partial charge >= 0.3 is 0 Å². The minimum atomic E-state index is -0.307. The summed E-state index contributed by atoms with van der Waals surface area (Å²) in [6, 6.07) is 15.6. The molecule has 39 heavy (non-hydrogen) atoms. The Hall–Kier alpha value is -4.34. The zero-order valence-electron chi connectivity index (χ0n) is 23.5. The number of nitrogens with zero attached hydrogens (tertiary/aromatic N) is 2. The van der Waals surface area contributed by atoms with Crippen molar-refractivity contribution in [3.8, 4) is 11.8 Å². The average Bonchev–Trinajstić information content (AvgIpc) is 3.23. The highest BCUT2D eigenvalue weighted by Crippen LogP contribution is 2.26. The molecule has 1 aromatic heterocycles. The summed E-state index contributed by atoms with van der Waals surface area (Å²) < 4.78 is 13.7. The maximum atomic E-state index is 13.6. The third kappa shape index (κ3) is 7.59. The monoisotopic (exact) mass is 523 g/mol. The number of hydrogen-bond donors (Lipinski definition) is 1. The van der Waals surface area contributed by atoms with Gasteiger partial charge in [0.1, 0.15) is 24.2 Å². The fourth-order valence-corrected chi connectivity index (χ4v) is 4.46. The number of likely N-dealkylation sites (N-methyl/N-ethyl adjacent to an activating group) is 1. The molecule has 2 aromatic carbocycles. The van der Waals surface area contributed by atoms with Crippen LogP contribution in [0.25, 0.3) is 10.9 Å². The van der Waals surface area contributed by atoms with Crippen molar-refractivity contribution in [2.24, 2.45) is 0 Å². The number of aromatic nitrogens is 1. The summed E-state index contributed by atoms with van der Waals surface area (Å²) in [6.45, 7) is 16.5. The highest BCUT2D eigenvalue weighted by Gasteiger charge is 2.17. The van der Waals surface area contributed by atoms with E-state index in [4.69, 9.17) is 9.47 Å². The molecule has 0 saturated carbocycles. The Morgan fingerprint density at radius 2 is 1.95 bits per heavy atom. The number of ether oxygens (including phenoxy) is 2. The summed E-state index contributed by atoms with van der Waals surface area (Å²) in [7, 11) is 1.83. The van der Waals surface area contributed by atoms with Crippen molar-refractivity contribution >= 4 is 16.8 Å². The number of aryl methyl sites for hydroxylation is 2. The van der Waals surface area contributed by atoms with E-state index in [1.54, 1.807) is 28.9 Å². The second kappa shape index (κ2) is 13.5. The third-order valence-corrected chi connectivity index (χ3v) is 6.19. The largest absolute Gasteiger partial charge is 0.490 e. The van der Waals surface area contributed by atoms with E-state index in [0.717, 1.165) is 39.7 Å². The van der Waals surface area contributed by atoms with E-state index in [1.807, 2.05) is 59.0 Å². The Labute approximate surface area is 231 Å². The topological polar surface area (TPSA) is 76.3 Å². The highest BCUT2D eigenvalue weighted by molar-refractivity contribution is 6.04. The van der Waals surface area contributed by atoms with Gasteiger partial charge in [0, 0.05) is 23.2 Å². The van der Waals surface area contributed by atoms with E-state index in [-0.39, 0.29) is 18.6 Å².